The summed E-state index contributed by atoms with van der Waals surface area (Å²) in [7, 11) is 1.86. The van der Waals surface area contributed by atoms with Gasteiger partial charge in [-0.1, -0.05) is 0 Å². The van der Waals surface area contributed by atoms with E-state index in [-0.39, 0.29) is 12.1 Å². The molecule has 5 rings (SSSR count). The quantitative estimate of drug-likeness (QED) is 0.513. The van der Waals surface area contributed by atoms with Gasteiger partial charge in [0.05, 0.1) is 35.5 Å². The van der Waals surface area contributed by atoms with Gasteiger partial charge in [0.25, 0.3) is 0 Å². The first-order valence-corrected chi connectivity index (χ1v) is 10.8. The van der Waals surface area contributed by atoms with Crippen molar-refractivity contribution in [2.45, 2.75) is 44.7 Å². The molecule has 0 aliphatic heterocycles. The lowest BCUT2D eigenvalue weighted by molar-refractivity contribution is 0.335. The summed E-state index contributed by atoms with van der Waals surface area (Å²) in [6, 6.07) is 6.48. The van der Waals surface area contributed by atoms with Crippen LogP contribution in [-0.2, 0) is 7.05 Å². The Hall–Kier alpha value is -4.31. The lowest BCUT2D eigenvalue weighted by atomic mass is 9.91. The number of nitrogens with zero attached hydrogens (tertiary/aromatic N) is 9. The first-order chi connectivity index (χ1) is 16.1. The van der Waals surface area contributed by atoms with Crippen LogP contribution in [0.5, 0.6) is 0 Å². The van der Waals surface area contributed by atoms with E-state index in [0.29, 0.717) is 22.8 Å². The summed E-state index contributed by atoms with van der Waals surface area (Å²) < 4.78 is 3.87. The molecule has 1 N–H and O–H groups in total. The molecular weight excluding hydrogens is 416 g/mol. The van der Waals surface area contributed by atoms with Gasteiger partial charge in [-0.3, -0.25) is 4.68 Å². The molecule has 1 saturated carbocycles. The first kappa shape index (κ1) is 20.6. The number of hydrogen-bond acceptors (Lipinski definition) is 8. The van der Waals surface area contributed by atoms with Crippen molar-refractivity contribution in [3.05, 3.63) is 47.8 Å². The first-order valence-electron chi connectivity index (χ1n) is 10.8. The Morgan fingerprint density at radius 3 is 2.73 bits per heavy atom. The molecule has 0 aromatic carbocycles. The lowest BCUT2D eigenvalue weighted by Crippen LogP contribution is -2.29. The van der Waals surface area contributed by atoms with Crippen LogP contribution in [0.3, 0.4) is 0 Å². The molecule has 33 heavy (non-hydrogen) atoms. The zero-order valence-corrected chi connectivity index (χ0v) is 18.4. The third-order valence-corrected chi connectivity index (χ3v) is 6.31. The second-order valence-electron chi connectivity index (χ2n) is 8.33. The number of pyridine rings is 1. The van der Waals surface area contributed by atoms with Crippen LogP contribution in [0.4, 0.5) is 5.95 Å². The number of nitriles is 2. The fraction of sp³-hybridized carbons (Fsp3) is 0.348. The van der Waals surface area contributed by atoms with Gasteiger partial charge in [-0.25, -0.2) is 19.9 Å². The molecule has 4 heterocycles. The maximum absolute atomic E-state index is 9.54. The average Bonchev–Trinajstić information content (AvgIpc) is 3.41. The molecule has 0 unspecified atom stereocenters. The van der Waals surface area contributed by atoms with E-state index in [0.717, 1.165) is 48.1 Å². The number of imidazole rings is 1. The number of anilines is 1. The minimum Gasteiger partial charge on any atom is -0.351 e. The van der Waals surface area contributed by atoms with Crippen LogP contribution in [-0.4, -0.2) is 40.3 Å². The molecule has 4 aromatic rings. The van der Waals surface area contributed by atoms with Crippen LogP contribution in [0.1, 0.15) is 48.5 Å². The van der Waals surface area contributed by atoms with Crippen molar-refractivity contribution in [1.29, 1.82) is 10.5 Å². The van der Waals surface area contributed by atoms with E-state index in [1.807, 2.05) is 20.3 Å². The Morgan fingerprint density at radius 2 is 1.97 bits per heavy atom. The molecule has 10 heteroatoms. The highest BCUT2D eigenvalue weighted by Crippen LogP contribution is 2.32. The summed E-state index contributed by atoms with van der Waals surface area (Å²) in [6.07, 6.45) is 10.6. The number of nitrogens with one attached hydrogen (secondary N) is 1. The van der Waals surface area contributed by atoms with Crippen molar-refractivity contribution in [3.63, 3.8) is 0 Å². The summed E-state index contributed by atoms with van der Waals surface area (Å²) in [4.78, 5) is 18.0. The molecular formula is C23H22N10. The van der Waals surface area contributed by atoms with Gasteiger partial charge in [0, 0.05) is 36.6 Å². The molecule has 1 aliphatic carbocycles. The van der Waals surface area contributed by atoms with Gasteiger partial charge in [-0.2, -0.15) is 15.6 Å². The molecule has 2 atom stereocenters. The molecule has 4 aromatic heterocycles. The number of aryl methyl sites for hydroxylation is 1. The monoisotopic (exact) mass is 438 g/mol. The van der Waals surface area contributed by atoms with Crippen LogP contribution in [0.15, 0.2) is 31.0 Å². The van der Waals surface area contributed by atoms with E-state index in [2.05, 4.69) is 47.1 Å². The van der Waals surface area contributed by atoms with Gasteiger partial charge in [-0.05, 0) is 38.7 Å². The molecule has 1 fully saturated rings. The van der Waals surface area contributed by atoms with Gasteiger partial charge in [0.2, 0.25) is 5.95 Å². The third kappa shape index (κ3) is 3.76. The van der Waals surface area contributed by atoms with E-state index in [1.54, 1.807) is 29.3 Å². The van der Waals surface area contributed by atoms with Crippen LogP contribution in [0.2, 0.25) is 0 Å². The van der Waals surface area contributed by atoms with E-state index in [9.17, 15) is 5.26 Å². The van der Waals surface area contributed by atoms with E-state index in [1.165, 1.54) is 0 Å². The molecule has 0 bridgehead atoms. The summed E-state index contributed by atoms with van der Waals surface area (Å²) in [6.45, 7) is 1.95. The van der Waals surface area contributed by atoms with Crippen molar-refractivity contribution in [2.24, 2.45) is 7.05 Å². The second kappa shape index (κ2) is 8.32. The molecule has 0 radical (unpaired) electrons. The molecule has 164 valence electrons. The Morgan fingerprint density at radius 1 is 1.09 bits per heavy atom. The van der Waals surface area contributed by atoms with E-state index >= 15 is 0 Å². The Balaban J connectivity index is 1.38. The topological polar surface area (TPSA) is 134 Å². The SMILES string of the molecule is Cc1c(-c2nc(N[C@@H]3CCC[C@H](n4cnc5cc(C#N)cnc54)C3)ncc2C#N)cnn1C. The van der Waals surface area contributed by atoms with Crippen molar-refractivity contribution in [1.82, 2.24) is 34.3 Å². The average molecular weight is 438 g/mol. The fourth-order valence-electron chi connectivity index (χ4n) is 4.45. The Kier molecular flexibility index (Phi) is 5.19. The number of rotatable bonds is 4. The molecule has 0 spiro atoms. The summed E-state index contributed by atoms with van der Waals surface area (Å²) in [5.74, 6) is 0.505. The highest BCUT2D eigenvalue weighted by atomic mass is 15.3. The zero-order chi connectivity index (χ0) is 22.9. The van der Waals surface area contributed by atoms with Gasteiger partial charge in [0.1, 0.15) is 17.7 Å². The van der Waals surface area contributed by atoms with Crippen LogP contribution in [0, 0.1) is 29.6 Å². The predicted octanol–water partition coefficient (Wildman–Crippen LogP) is 3.27. The number of fused-ring (bicyclic) bond motifs is 1. The normalized spacial score (nSPS) is 18.1. The summed E-state index contributed by atoms with van der Waals surface area (Å²) >= 11 is 0. The number of aromatic nitrogens is 7. The van der Waals surface area contributed by atoms with Crippen molar-refractivity contribution in [3.8, 4) is 23.4 Å². The Labute approximate surface area is 190 Å². The van der Waals surface area contributed by atoms with Crippen LogP contribution < -0.4 is 5.32 Å². The molecule has 0 amide bonds. The second-order valence-corrected chi connectivity index (χ2v) is 8.33. The molecule has 1 aliphatic rings. The fourth-order valence-corrected chi connectivity index (χ4v) is 4.45. The summed E-state index contributed by atoms with van der Waals surface area (Å²) in [5.41, 5.74) is 4.81. The maximum atomic E-state index is 9.54. The van der Waals surface area contributed by atoms with Crippen molar-refractivity contribution in [2.75, 3.05) is 5.32 Å². The van der Waals surface area contributed by atoms with Gasteiger partial charge in [-0.15, -0.1) is 0 Å². The standard InChI is InChI=1S/C23H22N10/c1-14-19(12-29-32(14)2)21-16(9-25)11-27-23(31-21)30-17-4-3-5-18(7-17)33-13-28-20-6-15(8-24)10-26-22(20)33/h6,10-13,17-18H,3-5,7H2,1-2H3,(H,27,30,31)/t17-,18+/m1/s1. The minimum atomic E-state index is 0.176. The highest BCUT2D eigenvalue weighted by molar-refractivity contribution is 5.72. The smallest absolute Gasteiger partial charge is 0.223 e. The third-order valence-electron chi connectivity index (χ3n) is 6.31. The van der Waals surface area contributed by atoms with E-state index in [4.69, 9.17) is 5.26 Å². The zero-order valence-electron chi connectivity index (χ0n) is 18.4. The minimum absolute atomic E-state index is 0.176. The summed E-state index contributed by atoms with van der Waals surface area (Å²) in [5, 5.41) is 26.4. The predicted molar refractivity (Wildman–Crippen MR) is 121 cm³/mol. The maximum Gasteiger partial charge on any atom is 0.223 e. The molecule has 0 saturated heterocycles. The van der Waals surface area contributed by atoms with Crippen molar-refractivity contribution >= 4 is 17.1 Å². The largest absolute Gasteiger partial charge is 0.351 e. The van der Waals surface area contributed by atoms with Crippen LogP contribution in [0.25, 0.3) is 22.4 Å². The lowest BCUT2D eigenvalue weighted by Gasteiger charge is -2.30. The van der Waals surface area contributed by atoms with Gasteiger partial charge in [0.15, 0.2) is 5.65 Å². The van der Waals surface area contributed by atoms with Gasteiger partial charge >= 0.3 is 0 Å². The Bertz CT molecular complexity index is 1420. The van der Waals surface area contributed by atoms with Gasteiger partial charge < -0.3 is 9.88 Å². The number of hydrogen-bond donors (Lipinski definition) is 1. The molecule has 10 nitrogen and oxygen atoms in total. The van der Waals surface area contributed by atoms with E-state index < -0.39 is 0 Å². The highest BCUT2D eigenvalue weighted by Gasteiger charge is 2.26. The van der Waals surface area contributed by atoms with Crippen molar-refractivity contribution < 1.29 is 0 Å². The van der Waals surface area contributed by atoms with Crippen LogP contribution >= 0.6 is 0 Å².